The molecule has 13 heteroatoms. The summed E-state index contributed by atoms with van der Waals surface area (Å²) in [6.07, 6.45) is 4.32. The van der Waals surface area contributed by atoms with Gasteiger partial charge in [-0.2, -0.15) is 0 Å². The van der Waals surface area contributed by atoms with Crippen LogP contribution in [0.4, 0.5) is 10.1 Å². The third kappa shape index (κ3) is 5.97. The molecule has 0 fully saturated rings. The molecule has 226 valence electrons. The van der Waals surface area contributed by atoms with Gasteiger partial charge in [-0.25, -0.2) is 9.18 Å². The van der Waals surface area contributed by atoms with Crippen LogP contribution >= 0.6 is 23.2 Å². The quantitative estimate of drug-likeness (QED) is 0.221. The van der Waals surface area contributed by atoms with E-state index in [0.717, 1.165) is 6.07 Å². The first-order valence-corrected chi connectivity index (χ1v) is 13.9. The number of benzene rings is 3. The number of nitrogens with two attached hydrogens (primary N) is 1. The van der Waals surface area contributed by atoms with Crippen molar-refractivity contribution in [1.29, 1.82) is 0 Å². The molecule has 0 aliphatic carbocycles. The van der Waals surface area contributed by atoms with Gasteiger partial charge in [0.2, 0.25) is 0 Å². The number of aliphatic imine (C=N–C) groups is 1. The molecule has 3 N–H and O–H groups in total. The van der Waals surface area contributed by atoms with Crippen molar-refractivity contribution in [1.82, 2.24) is 10.1 Å². The molecule has 4 aromatic rings. The summed E-state index contributed by atoms with van der Waals surface area (Å²) in [7, 11) is 3.27. The van der Waals surface area contributed by atoms with Crippen LogP contribution in [0.3, 0.4) is 0 Å². The first kappa shape index (κ1) is 30.6. The summed E-state index contributed by atoms with van der Waals surface area (Å²) in [5, 5.41) is 13.9. The number of carbonyl (C=O) groups excluding carboxylic acids is 1. The highest BCUT2D eigenvalue weighted by Crippen LogP contribution is 2.41. The van der Waals surface area contributed by atoms with Gasteiger partial charge in [0.25, 0.3) is 5.91 Å². The van der Waals surface area contributed by atoms with Crippen molar-refractivity contribution in [2.24, 2.45) is 10.7 Å². The number of nitrogens with zero attached hydrogens (tertiary/aromatic N) is 4. The Hall–Kier alpha value is -4.87. The number of aromatic nitrogens is 1. The van der Waals surface area contributed by atoms with E-state index in [4.69, 9.17) is 38.2 Å². The van der Waals surface area contributed by atoms with Crippen LogP contribution in [0.5, 0.6) is 5.75 Å². The number of aromatic carboxylic acids is 1. The molecule has 0 atom stereocenters. The number of amides is 1. The molecule has 0 saturated carbocycles. The molecule has 5 rings (SSSR count). The van der Waals surface area contributed by atoms with Gasteiger partial charge in [0.15, 0.2) is 6.73 Å². The van der Waals surface area contributed by atoms with Gasteiger partial charge in [-0.1, -0.05) is 46.6 Å². The standard InChI is InChI=1S/C31H26Cl2FN5O5/c1-36-13-19(12-35)18-8-24(32)28(25(33)9-18)30(40)39-14-17-4-3-5-21(29(17)43-16-39)22-11-27(23(31(41)42)10-26(22)34)38(2)15-20-6-7-44-37-20/h3-13H,14-16,35H2,1-2H3,(H,41,42). The molecule has 10 nitrogen and oxygen atoms in total. The minimum atomic E-state index is -1.28. The van der Waals surface area contributed by atoms with Crippen LogP contribution in [-0.2, 0) is 13.1 Å². The van der Waals surface area contributed by atoms with E-state index >= 15 is 4.39 Å². The van der Waals surface area contributed by atoms with E-state index < -0.39 is 17.7 Å². The number of carbonyl (C=O) groups is 2. The fourth-order valence-corrected chi connectivity index (χ4v) is 5.62. The van der Waals surface area contributed by atoms with Crippen LogP contribution in [0.1, 0.15) is 37.5 Å². The number of ether oxygens (including phenoxy) is 1. The van der Waals surface area contributed by atoms with Crippen LogP contribution in [0.15, 0.2) is 70.5 Å². The second-order valence-corrected chi connectivity index (χ2v) is 10.7. The van der Waals surface area contributed by atoms with Gasteiger partial charge < -0.3 is 29.9 Å². The molecule has 2 heterocycles. The lowest BCUT2D eigenvalue weighted by Crippen LogP contribution is -2.37. The van der Waals surface area contributed by atoms with E-state index in [1.807, 2.05) is 0 Å². The predicted molar refractivity (Wildman–Crippen MR) is 166 cm³/mol. The number of rotatable bonds is 8. The van der Waals surface area contributed by atoms with Crippen LogP contribution < -0.4 is 15.4 Å². The Kier molecular flexibility index (Phi) is 8.88. The molecular formula is C31H26Cl2FN5O5. The molecular weight excluding hydrogens is 612 g/mol. The summed E-state index contributed by atoms with van der Waals surface area (Å²) < 4.78 is 26.4. The summed E-state index contributed by atoms with van der Waals surface area (Å²) in [6.45, 7) is 0.187. The van der Waals surface area contributed by atoms with Crippen molar-refractivity contribution in [2.45, 2.75) is 13.1 Å². The van der Waals surface area contributed by atoms with Gasteiger partial charge in [0.05, 0.1) is 39.9 Å². The van der Waals surface area contributed by atoms with E-state index in [0.29, 0.717) is 33.7 Å². The Morgan fingerprint density at radius 3 is 2.57 bits per heavy atom. The van der Waals surface area contributed by atoms with Gasteiger partial charge >= 0.3 is 5.97 Å². The van der Waals surface area contributed by atoms with E-state index in [1.165, 1.54) is 23.4 Å². The Balaban J connectivity index is 1.47. The van der Waals surface area contributed by atoms with Crippen molar-refractivity contribution in [2.75, 3.05) is 25.7 Å². The number of hydrogen-bond donors (Lipinski definition) is 2. The summed E-state index contributed by atoms with van der Waals surface area (Å²) in [4.78, 5) is 32.6. The Morgan fingerprint density at radius 1 is 1.18 bits per heavy atom. The molecule has 0 spiro atoms. The largest absolute Gasteiger partial charge is 0.478 e. The lowest BCUT2D eigenvalue weighted by Gasteiger charge is -2.31. The molecule has 3 aromatic carbocycles. The van der Waals surface area contributed by atoms with E-state index in [2.05, 4.69) is 10.1 Å². The van der Waals surface area contributed by atoms with Crippen molar-refractivity contribution < 1.29 is 28.3 Å². The minimum Gasteiger partial charge on any atom is -0.478 e. The highest BCUT2D eigenvalue weighted by atomic mass is 35.5. The van der Waals surface area contributed by atoms with Crippen LogP contribution in [0, 0.1) is 5.82 Å². The minimum absolute atomic E-state index is 0.0974. The Morgan fingerprint density at radius 2 is 1.93 bits per heavy atom. The number of carboxylic acids is 1. The monoisotopic (exact) mass is 637 g/mol. The average Bonchev–Trinajstić information content (AvgIpc) is 3.51. The number of allylic oxidation sites excluding steroid dienone is 1. The van der Waals surface area contributed by atoms with Crippen LogP contribution in [-0.4, -0.2) is 54.1 Å². The molecule has 1 amide bonds. The zero-order valence-corrected chi connectivity index (χ0v) is 25.1. The van der Waals surface area contributed by atoms with Crippen LogP contribution in [0.25, 0.3) is 16.7 Å². The van der Waals surface area contributed by atoms with E-state index in [9.17, 15) is 14.7 Å². The summed E-state index contributed by atoms with van der Waals surface area (Å²) in [6, 6.07) is 12.4. The molecule has 44 heavy (non-hydrogen) atoms. The molecule has 0 bridgehead atoms. The van der Waals surface area contributed by atoms with Gasteiger partial charge in [-0.15, -0.1) is 0 Å². The zero-order chi connectivity index (χ0) is 31.5. The second-order valence-electron chi connectivity index (χ2n) is 9.90. The molecule has 0 unspecified atom stereocenters. The first-order chi connectivity index (χ1) is 21.1. The average molecular weight is 638 g/mol. The zero-order valence-electron chi connectivity index (χ0n) is 23.6. The van der Waals surface area contributed by atoms with Crippen molar-refractivity contribution in [3.8, 4) is 16.9 Å². The summed E-state index contributed by atoms with van der Waals surface area (Å²) >= 11 is 13.0. The summed E-state index contributed by atoms with van der Waals surface area (Å²) in [5.41, 5.74) is 8.74. The second kappa shape index (κ2) is 12.8. The molecule has 1 aliphatic rings. The van der Waals surface area contributed by atoms with E-state index in [-0.39, 0.29) is 52.2 Å². The van der Waals surface area contributed by atoms with Crippen molar-refractivity contribution in [3.05, 3.63) is 105 Å². The molecule has 1 aromatic heterocycles. The van der Waals surface area contributed by atoms with Crippen LogP contribution in [0.2, 0.25) is 10.0 Å². The maximum atomic E-state index is 15.5. The number of fused-ring (bicyclic) bond motifs is 1. The topological polar surface area (TPSA) is 134 Å². The van der Waals surface area contributed by atoms with Crippen molar-refractivity contribution >= 4 is 52.6 Å². The lowest BCUT2D eigenvalue weighted by atomic mass is 9.97. The highest BCUT2D eigenvalue weighted by molar-refractivity contribution is 6.40. The lowest BCUT2D eigenvalue weighted by molar-refractivity contribution is 0.0516. The summed E-state index contributed by atoms with van der Waals surface area (Å²) in [5.74, 6) is -2.11. The van der Waals surface area contributed by atoms with Gasteiger partial charge in [0.1, 0.15) is 23.5 Å². The van der Waals surface area contributed by atoms with Gasteiger partial charge in [-0.05, 0) is 29.8 Å². The number of halogens is 3. The third-order valence-corrected chi connectivity index (χ3v) is 7.65. The van der Waals surface area contributed by atoms with Crippen molar-refractivity contribution in [3.63, 3.8) is 0 Å². The number of para-hydroxylation sites is 1. The van der Waals surface area contributed by atoms with E-state index in [1.54, 1.807) is 61.6 Å². The van der Waals surface area contributed by atoms with Gasteiger partial charge in [0, 0.05) is 54.8 Å². The number of hydrogen-bond acceptors (Lipinski definition) is 8. The third-order valence-electron chi connectivity index (χ3n) is 7.05. The first-order valence-electron chi connectivity index (χ1n) is 13.2. The molecule has 0 saturated heterocycles. The maximum absolute atomic E-state index is 15.5. The smallest absolute Gasteiger partial charge is 0.337 e. The fraction of sp³-hybridized carbons (Fsp3) is 0.161. The Bertz CT molecular complexity index is 1790. The Labute approximate surface area is 261 Å². The normalized spacial score (nSPS) is 13.1. The SMILES string of the molecule is CN=CC(=CN)c1cc(Cl)c(C(=O)N2COc3c(cccc3-c3cc(N(C)Cc4ccon4)c(C(=O)O)cc3F)C2)c(Cl)c1. The van der Waals surface area contributed by atoms with Gasteiger partial charge in [-0.3, -0.25) is 9.79 Å². The number of carboxylic acid groups (broad SMARTS) is 1. The fourth-order valence-electron chi connectivity index (χ4n) is 4.97. The molecule has 1 aliphatic heterocycles. The number of anilines is 1. The predicted octanol–water partition coefficient (Wildman–Crippen LogP) is 6.11. The molecule has 0 radical (unpaired) electrons. The highest BCUT2D eigenvalue weighted by Gasteiger charge is 2.29. The maximum Gasteiger partial charge on any atom is 0.337 e.